The van der Waals surface area contributed by atoms with E-state index in [1.165, 1.54) is 32.1 Å². The summed E-state index contributed by atoms with van der Waals surface area (Å²) in [7, 11) is 0. The van der Waals surface area contributed by atoms with Gasteiger partial charge in [0.1, 0.15) is 11.4 Å². The van der Waals surface area contributed by atoms with Crippen molar-refractivity contribution >= 4 is 23.4 Å². The Morgan fingerprint density at radius 2 is 1.78 bits per heavy atom. The third-order valence-electron chi connectivity index (χ3n) is 7.27. The van der Waals surface area contributed by atoms with Crippen molar-refractivity contribution in [3.63, 3.8) is 0 Å². The van der Waals surface area contributed by atoms with Crippen LogP contribution in [0.5, 0.6) is 0 Å². The maximum atomic E-state index is 13.6. The van der Waals surface area contributed by atoms with Gasteiger partial charge in [-0.15, -0.1) is 0 Å². The first-order valence-corrected chi connectivity index (χ1v) is 13.6. The van der Waals surface area contributed by atoms with Crippen LogP contribution in [-0.2, 0) is 11.0 Å². The zero-order chi connectivity index (χ0) is 26.3. The van der Waals surface area contributed by atoms with Crippen LogP contribution in [0.4, 0.5) is 30.6 Å². The molecule has 0 radical (unpaired) electrons. The summed E-state index contributed by atoms with van der Waals surface area (Å²) < 4.78 is 42.9. The summed E-state index contributed by atoms with van der Waals surface area (Å²) in [6.45, 7) is 3.36. The standard InChI is InChI=1S/C26H38F3N7O/c1-19-22(18-36(34-19)20-11-6-3-2-4-7-12-20)32-25-31-17-21(26(27,28)29)24(33-25)30-14-10-16-35-15-9-5-8-13-23(35)37/h17-18,20H,2-16H2,1H3,(H2,30,31,32,33). The van der Waals surface area contributed by atoms with Crippen molar-refractivity contribution in [3.8, 4) is 0 Å². The molecule has 3 heterocycles. The molecule has 4 rings (SSSR count). The van der Waals surface area contributed by atoms with Crippen LogP contribution in [0.1, 0.15) is 94.3 Å². The highest BCUT2D eigenvalue weighted by Gasteiger charge is 2.35. The van der Waals surface area contributed by atoms with E-state index in [-0.39, 0.29) is 24.2 Å². The van der Waals surface area contributed by atoms with Gasteiger partial charge < -0.3 is 15.5 Å². The number of carbonyl (C=O) groups excluding carboxylic acids is 1. The third-order valence-corrected chi connectivity index (χ3v) is 7.27. The molecule has 0 bridgehead atoms. The average Bonchev–Trinajstić information content (AvgIpc) is 3.05. The van der Waals surface area contributed by atoms with Crippen LogP contribution >= 0.6 is 0 Å². The molecule has 1 aliphatic heterocycles. The van der Waals surface area contributed by atoms with Gasteiger partial charge in [0.25, 0.3) is 0 Å². The molecular formula is C26H38F3N7O. The van der Waals surface area contributed by atoms with Crippen LogP contribution < -0.4 is 10.6 Å². The molecule has 0 aromatic carbocycles. The minimum absolute atomic E-state index is 0.0820. The zero-order valence-electron chi connectivity index (χ0n) is 21.6. The molecule has 1 aliphatic carbocycles. The summed E-state index contributed by atoms with van der Waals surface area (Å²) in [5, 5.41) is 10.6. The molecule has 1 saturated heterocycles. The van der Waals surface area contributed by atoms with Crippen molar-refractivity contribution in [2.24, 2.45) is 0 Å². The Morgan fingerprint density at radius 3 is 2.54 bits per heavy atom. The maximum Gasteiger partial charge on any atom is 0.421 e. The lowest BCUT2D eigenvalue weighted by Crippen LogP contribution is -2.32. The number of aromatic nitrogens is 4. The molecular weight excluding hydrogens is 483 g/mol. The van der Waals surface area contributed by atoms with Crippen molar-refractivity contribution in [1.82, 2.24) is 24.6 Å². The van der Waals surface area contributed by atoms with E-state index < -0.39 is 11.7 Å². The summed E-state index contributed by atoms with van der Waals surface area (Å²) in [4.78, 5) is 22.1. The van der Waals surface area contributed by atoms with Gasteiger partial charge in [0.2, 0.25) is 11.9 Å². The molecule has 2 N–H and O–H groups in total. The minimum Gasteiger partial charge on any atom is -0.369 e. The fourth-order valence-corrected chi connectivity index (χ4v) is 5.15. The number of anilines is 3. The Balaban J connectivity index is 1.42. The van der Waals surface area contributed by atoms with Gasteiger partial charge in [0.15, 0.2) is 0 Å². The van der Waals surface area contributed by atoms with Gasteiger partial charge in [0, 0.05) is 38.4 Å². The van der Waals surface area contributed by atoms with Gasteiger partial charge in [-0.1, -0.05) is 38.5 Å². The van der Waals surface area contributed by atoms with Gasteiger partial charge >= 0.3 is 6.18 Å². The SMILES string of the molecule is Cc1nn(C2CCCCCCC2)cc1Nc1ncc(C(F)(F)F)c(NCCCN2CCCCCC2=O)n1. The smallest absolute Gasteiger partial charge is 0.369 e. The second-order valence-corrected chi connectivity index (χ2v) is 10.2. The first kappa shape index (κ1) is 27.2. The molecule has 1 saturated carbocycles. The van der Waals surface area contributed by atoms with Crippen LogP contribution in [0.3, 0.4) is 0 Å². The number of nitrogens with zero attached hydrogens (tertiary/aromatic N) is 5. The molecule has 2 aromatic rings. The molecule has 0 atom stereocenters. The number of amides is 1. The second-order valence-electron chi connectivity index (χ2n) is 10.2. The largest absolute Gasteiger partial charge is 0.421 e. The summed E-state index contributed by atoms with van der Waals surface area (Å²) in [5.74, 6) is -0.0620. The van der Waals surface area contributed by atoms with Crippen LogP contribution in [0.2, 0.25) is 0 Å². The molecule has 2 aliphatic rings. The maximum absolute atomic E-state index is 13.6. The minimum atomic E-state index is -4.58. The fraction of sp³-hybridized carbons (Fsp3) is 0.692. The number of likely N-dealkylation sites (tertiary alicyclic amines) is 1. The number of aryl methyl sites for hydroxylation is 1. The number of rotatable bonds is 8. The zero-order valence-corrected chi connectivity index (χ0v) is 21.6. The quantitative estimate of drug-likeness (QED) is 0.400. The molecule has 0 unspecified atom stereocenters. The summed E-state index contributed by atoms with van der Waals surface area (Å²) >= 11 is 0. The predicted octanol–water partition coefficient (Wildman–Crippen LogP) is 6.23. The van der Waals surface area contributed by atoms with Crippen LogP contribution in [0.25, 0.3) is 0 Å². The molecule has 1 amide bonds. The summed E-state index contributed by atoms with van der Waals surface area (Å²) in [5.41, 5.74) is 0.528. The van der Waals surface area contributed by atoms with E-state index in [1.807, 2.05) is 22.7 Å². The normalized spacial score (nSPS) is 18.3. The topological polar surface area (TPSA) is 88.0 Å². The van der Waals surface area contributed by atoms with Gasteiger partial charge in [0.05, 0.1) is 17.4 Å². The highest BCUT2D eigenvalue weighted by molar-refractivity contribution is 5.76. The predicted molar refractivity (Wildman–Crippen MR) is 137 cm³/mol. The number of carbonyl (C=O) groups is 1. The summed E-state index contributed by atoms with van der Waals surface area (Å²) in [6.07, 6.45) is 10.4. The fourth-order valence-electron chi connectivity index (χ4n) is 5.15. The van der Waals surface area contributed by atoms with Gasteiger partial charge in [-0.2, -0.15) is 23.3 Å². The van der Waals surface area contributed by atoms with Crippen molar-refractivity contribution in [2.75, 3.05) is 30.3 Å². The van der Waals surface area contributed by atoms with Crippen LogP contribution in [-0.4, -0.2) is 50.2 Å². The number of halogens is 3. The second kappa shape index (κ2) is 12.6. The lowest BCUT2D eigenvalue weighted by Gasteiger charge is -2.21. The van der Waals surface area contributed by atoms with E-state index in [0.717, 1.165) is 44.0 Å². The monoisotopic (exact) mass is 521 g/mol. The molecule has 204 valence electrons. The Morgan fingerprint density at radius 1 is 1.05 bits per heavy atom. The van der Waals surface area contributed by atoms with Crippen LogP contribution in [0.15, 0.2) is 12.4 Å². The highest BCUT2D eigenvalue weighted by atomic mass is 19.4. The molecule has 0 spiro atoms. The Bertz CT molecular complexity index is 1030. The number of nitrogens with one attached hydrogen (secondary N) is 2. The van der Waals surface area contributed by atoms with Crippen molar-refractivity contribution in [2.45, 2.75) is 96.2 Å². The molecule has 8 nitrogen and oxygen atoms in total. The van der Waals surface area contributed by atoms with Gasteiger partial charge in [-0.25, -0.2) is 4.98 Å². The Hall–Kier alpha value is -2.85. The van der Waals surface area contributed by atoms with E-state index in [9.17, 15) is 18.0 Å². The average molecular weight is 522 g/mol. The molecule has 37 heavy (non-hydrogen) atoms. The van der Waals surface area contributed by atoms with Gasteiger partial charge in [-0.05, 0) is 39.0 Å². The molecule has 2 fully saturated rings. The van der Waals surface area contributed by atoms with Crippen LogP contribution in [0, 0.1) is 6.92 Å². The molecule has 2 aromatic heterocycles. The van der Waals surface area contributed by atoms with E-state index in [0.29, 0.717) is 37.7 Å². The lowest BCUT2D eigenvalue weighted by atomic mass is 9.97. The number of hydrogen-bond donors (Lipinski definition) is 2. The summed E-state index contributed by atoms with van der Waals surface area (Å²) in [6, 6.07) is 0.330. The number of hydrogen-bond acceptors (Lipinski definition) is 6. The van der Waals surface area contributed by atoms with E-state index in [4.69, 9.17) is 0 Å². The number of alkyl halides is 3. The Labute approximate surface area is 216 Å². The van der Waals surface area contributed by atoms with Gasteiger partial charge in [-0.3, -0.25) is 9.48 Å². The van der Waals surface area contributed by atoms with E-state index in [2.05, 4.69) is 25.7 Å². The molecule has 11 heteroatoms. The van der Waals surface area contributed by atoms with E-state index >= 15 is 0 Å². The third kappa shape index (κ3) is 7.58. The lowest BCUT2D eigenvalue weighted by molar-refractivity contribution is -0.137. The van der Waals surface area contributed by atoms with Crippen molar-refractivity contribution < 1.29 is 18.0 Å². The highest BCUT2D eigenvalue weighted by Crippen LogP contribution is 2.34. The first-order chi connectivity index (χ1) is 17.8. The Kier molecular flexibility index (Phi) is 9.26. The first-order valence-electron chi connectivity index (χ1n) is 13.6. The van der Waals surface area contributed by atoms with E-state index in [1.54, 1.807) is 0 Å². The van der Waals surface area contributed by atoms with Crippen molar-refractivity contribution in [3.05, 3.63) is 23.7 Å². The van der Waals surface area contributed by atoms with Crippen molar-refractivity contribution in [1.29, 1.82) is 0 Å².